The van der Waals surface area contributed by atoms with Crippen LogP contribution in [0.4, 0.5) is 0 Å². The Morgan fingerprint density at radius 3 is 2.94 bits per heavy atom. The van der Waals surface area contributed by atoms with E-state index in [1.807, 2.05) is 0 Å². The van der Waals surface area contributed by atoms with Crippen LogP contribution in [-0.4, -0.2) is 30.8 Å². The van der Waals surface area contributed by atoms with Gasteiger partial charge in [-0.3, -0.25) is 4.79 Å². The number of carbonyl (C=O) groups excluding carboxylic acids is 1. The van der Waals surface area contributed by atoms with Gasteiger partial charge in [-0.25, -0.2) is 0 Å². The maximum absolute atomic E-state index is 11.2. The summed E-state index contributed by atoms with van der Waals surface area (Å²) in [5.74, 6) is 0.0744. The number of esters is 1. The number of ether oxygens (including phenoxy) is 2. The molecular weight excluding hydrogens is 210 g/mol. The molecule has 0 radical (unpaired) electrons. The molecule has 88 valence electrons. The molecule has 1 aromatic carbocycles. The minimum absolute atomic E-state index is 0.115. The highest BCUT2D eigenvalue weighted by molar-refractivity contribution is 5.75. The molecule has 0 aromatic heterocycles. The molecule has 0 saturated heterocycles. The third kappa shape index (κ3) is 3.52. The molecule has 0 aliphatic rings. The minimum Gasteiger partial charge on any atom is -0.497 e. The second-order valence-electron chi connectivity index (χ2n) is 3.25. The van der Waals surface area contributed by atoms with Crippen molar-refractivity contribution in [2.75, 3.05) is 13.7 Å². The van der Waals surface area contributed by atoms with Crippen LogP contribution in [0.2, 0.25) is 0 Å². The van der Waals surface area contributed by atoms with E-state index in [9.17, 15) is 4.79 Å². The highest BCUT2D eigenvalue weighted by atomic mass is 16.5. The molecule has 0 spiro atoms. The van der Waals surface area contributed by atoms with Crippen molar-refractivity contribution in [1.29, 1.82) is 0 Å². The summed E-state index contributed by atoms with van der Waals surface area (Å²) in [6.45, 7) is -0.305. The van der Waals surface area contributed by atoms with E-state index in [0.29, 0.717) is 5.75 Å². The summed E-state index contributed by atoms with van der Waals surface area (Å²) in [4.78, 5) is 11.2. The van der Waals surface area contributed by atoms with Crippen LogP contribution < -0.4 is 10.5 Å². The summed E-state index contributed by atoms with van der Waals surface area (Å²) in [5, 5.41) is 8.64. The molecule has 0 bridgehead atoms. The van der Waals surface area contributed by atoms with Gasteiger partial charge in [0, 0.05) is 0 Å². The van der Waals surface area contributed by atoms with Crippen LogP contribution in [0.1, 0.15) is 5.56 Å². The summed E-state index contributed by atoms with van der Waals surface area (Å²) in [6, 6.07) is 6.18. The standard InChI is InChI=1S/C11H15NO4/c1-15-9-4-2-3-8(5-9)7-16-11(14)10(12)6-13/h2-5,10,13H,6-7,12H2,1H3/t10-/m0/s1. The van der Waals surface area contributed by atoms with Gasteiger partial charge in [-0.05, 0) is 17.7 Å². The van der Waals surface area contributed by atoms with E-state index in [-0.39, 0.29) is 6.61 Å². The number of aliphatic hydroxyl groups is 1. The molecule has 16 heavy (non-hydrogen) atoms. The van der Waals surface area contributed by atoms with Crippen LogP contribution in [0.25, 0.3) is 0 Å². The SMILES string of the molecule is COc1cccc(COC(=O)[C@@H](N)CO)c1. The predicted molar refractivity (Wildman–Crippen MR) is 57.9 cm³/mol. The number of carbonyl (C=O) groups is 1. The van der Waals surface area contributed by atoms with Crippen molar-refractivity contribution in [2.45, 2.75) is 12.6 Å². The van der Waals surface area contributed by atoms with Crippen molar-refractivity contribution < 1.29 is 19.4 Å². The normalized spacial score (nSPS) is 11.9. The van der Waals surface area contributed by atoms with E-state index in [0.717, 1.165) is 5.56 Å². The van der Waals surface area contributed by atoms with Crippen molar-refractivity contribution in [1.82, 2.24) is 0 Å². The van der Waals surface area contributed by atoms with Crippen LogP contribution in [0.3, 0.4) is 0 Å². The average molecular weight is 225 g/mol. The summed E-state index contributed by atoms with van der Waals surface area (Å²) >= 11 is 0. The second-order valence-corrected chi connectivity index (χ2v) is 3.25. The molecular formula is C11H15NO4. The molecule has 5 nitrogen and oxygen atoms in total. The molecule has 0 amide bonds. The van der Waals surface area contributed by atoms with E-state index in [1.54, 1.807) is 31.4 Å². The molecule has 0 saturated carbocycles. The van der Waals surface area contributed by atoms with Gasteiger partial charge in [-0.15, -0.1) is 0 Å². The predicted octanol–water partition coefficient (Wildman–Crippen LogP) is 0.0580. The van der Waals surface area contributed by atoms with E-state index in [4.69, 9.17) is 20.3 Å². The Hall–Kier alpha value is -1.59. The fourth-order valence-electron chi connectivity index (χ4n) is 1.10. The monoisotopic (exact) mass is 225 g/mol. The molecule has 3 N–H and O–H groups in total. The Morgan fingerprint density at radius 1 is 1.56 bits per heavy atom. The number of methoxy groups -OCH3 is 1. The van der Waals surface area contributed by atoms with Gasteiger partial charge >= 0.3 is 5.97 Å². The van der Waals surface area contributed by atoms with E-state index < -0.39 is 18.6 Å². The number of rotatable bonds is 5. The lowest BCUT2D eigenvalue weighted by molar-refractivity contribution is -0.147. The Balaban J connectivity index is 2.51. The molecule has 0 aliphatic carbocycles. The number of hydrogen-bond acceptors (Lipinski definition) is 5. The van der Waals surface area contributed by atoms with Crippen molar-refractivity contribution in [3.8, 4) is 5.75 Å². The van der Waals surface area contributed by atoms with Crippen molar-refractivity contribution in [3.05, 3.63) is 29.8 Å². The first kappa shape index (κ1) is 12.5. The molecule has 1 atom stereocenters. The van der Waals surface area contributed by atoms with Gasteiger partial charge in [0.15, 0.2) is 0 Å². The van der Waals surface area contributed by atoms with Gasteiger partial charge in [0.1, 0.15) is 18.4 Å². The average Bonchev–Trinajstić information content (AvgIpc) is 2.35. The molecule has 1 rings (SSSR count). The topological polar surface area (TPSA) is 81.8 Å². The van der Waals surface area contributed by atoms with Gasteiger partial charge < -0.3 is 20.3 Å². The zero-order valence-electron chi connectivity index (χ0n) is 9.05. The minimum atomic E-state index is -0.981. The summed E-state index contributed by atoms with van der Waals surface area (Å²) < 4.78 is 9.93. The Bertz CT molecular complexity index is 354. The van der Waals surface area contributed by atoms with E-state index in [2.05, 4.69) is 0 Å². The molecule has 0 fully saturated rings. The molecule has 1 aromatic rings. The lowest BCUT2D eigenvalue weighted by atomic mass is 10.2. The summed E-state index contributed by atoms with van der Waals surface area (Å²) in [6.07, 6.45) is 0. The number of hydrogen-bond donors (Lipinski definition) is 2. The van der Waals surface area contributed by atoms with Crippen LogP contribution in [0.5, 0.6) is 5.75 Å². The quantitative estimate of drug-likeness (QED) is 0.692. The first-order chi connectivity index (χ1) is 7.67. The van der Waals surface area contributed by atoms with Gasteiger partial charge in [0.2, 0.25) is 0 Å². The molecule has 0 unspecified atom stereocenters. The largest absolute Gasteiger partial charge is 0.497 e. The van der Waals surface area contributed by atoms with Crippen LogP contribution in [0, 0.1) is 0 Å². The third-order valence-electron chi connectivity index (χ3n) is 2.01. The Labute approximate surface area is 93.8 Å². The first-order valence-electron chi connectivity index (χ1n) is 4.83. The number of benzene rings is 1. The molecule has 5 heteroatoms. The highest BCUT2D eigenvalue weighted by Gasteiger charge is 2.13. The smallest absolute Gasteiger partial charge is 0.325 e. The second kappa shape index (κ2) is 6.09. The number of aliphatic hydroxyl groups excluding tert-OH is 1. The van der Waals surface area contributed by atoms with E-state index in [1.165, 1.54) is 0 Å². The summed E-state index contributed by atoms with van der Waals surface area (Å²) in [7, 11) is 1.56. The highest BCUT2D eigenvalue weighted by Crippen LogP contribution is 2.13. The molecule has 0 heterocycles. The van der Waals surface area contributed by atoms with Gasteiger partial charge in [0.25, 0.3) is 0 Å². The fraction of sp³-hybridized carbons (Fsp3) is 0.364. The third-order valence-corrected chi connectivity index (χ3v) is 2.01. The fourth-order valence-corrected chi connectivity index (χ4v) is 1.10. The van der Waals surface area contributed by atoms with Gasteiger partial charge in [-0.1, -0.05) is 12.1 Å². The lowest BCUT2D eigenvalue weighted by Crippen LogP contribution is -2.35. The zero-order valence-corrected chi connectivity index (χ0v) is 9.05. The summed E-state index contributed by atoms with van der Waals surface area (Å²) in [5.41, 5.74) is 6.09. The molecule has 0 aliphatic heterocycles. The van der Waals surface area contributed by atoms with Crippen molar-refractivity contribution in [3.63, 3.8) is 0 Å². The van der Waals surface area contributed by atoms with Crippen LogP contribution in [0.15, 0.2) is 24.3 Å². The zero-order chi connectivity index (χ0) is 12.0. The maximum Gasteiger partial charge on any atom is 0.325 e. The van der Waals surface area contributed by atoms with Gasteiger partial charge in [0.05, 0.1) is 13.7 Å². The Kier molecular flexibility index (Phi) is 4.75. The van der Waals surface area contributed by atoms with Crippen LogP contribution in [-0.2, 0) is 16.1 Å². The number of nitrogens with two attached hydrogens (primary N) is 1. The van der Waals surface area contributed by atoms with Crippen LogP contribution >= 0.6 is 0 Å². The van der Waals surface area contributed by atoms with Crippen molar-refractivity contribution in [2.24, 2.45) is 5.73 Å². The maximum atomic E-state index is 11.2. The Morgan fingerprint density at radius 2 is 2.31 bits per heavy atom. The lowest BCUT2D eigenvalue weighted by Gasteiger charge is -2.09. The van der Waals surface area contributed by atoms with Gasteiger partial charge in [-0.2, -0.15) is 0 Å². The first-order valence-corrected chi connectivity index (χ1v) is 4.83. The van der Waals surface area contributed by atoms with E-state index >= 15 is 0 Å². The van der Waals surface area contributed by atoms with Crippen molar-refractivity contribution >= 4 is 5.97 Å².